The van der Waals surface area contributed by atoms with Crippen molar-refractivity contribution in [2.45, 2.75) is 0 Å². The van der Waals surface area contributed by atoms with E-state index in [1.165, 1.54) is 0 Å². The molecule has 0 unspecified atom stereocenters. The van der Waals surface area contributed by atoms with Gasteiger partial charge in [0.2, 0.25) is 0 Å². The summed E-state index contributed by atoms with van der Waals surface area (Å²) in [6, 6.07) is 40.9. The van der Waals surface area contributed by atoms with E-state index in [0.29, 0.717) is 34.9 Å². The van der Waals surface area contributed by atoms with Gasteiger partial charge in [0.25, 0.3) is 0 Å². The summed E-state index contributed by atoms with van der Waals surface area (Å²) in [6.07, 6.45) is 0. The molecule has 0 atom stereocenters. The second kappa shape index (κ2) is 10.8. The van der Waals surface area contributed by atoms with E-state index in [1.54, 1.807) is 0 Å². The summed E-state index contributed by atoms with van der Waals surface area (Å²) in [5.74, 6) is 4.19. The summed E-state index contributed by atoms with van der Waals surface area (Å²) >= 11 is 0. The Morgan fingerprint density at radius 3 is 0.944 bits per heavy atom. The first kappa shape index (κ1) is 28.8. The van der Waals surface area contributed by atoms with Crippen LogP contribution in [0.15, 0.2) is 121 Å². The van der Waals surface area contributed by atoms with Gasteiger partial charge in [-0.3, -0.25) is 0 Å². The van der Waals surface area contributed by atoms with Crippen molar-refractivity contribution < 1.29 is 0 Å². The molecule has 0 aliphatic carbocycles. The molecule has 0 aliphatic rings. The molecule has 0 saturated carbocycles. The van der Waals surface area contributed by atoms with Gasteiger partial charge < -0.3 is 29.9 Å². The molecule has 54 heavy (non-hydrogen) atoms. The van der Waals surface area contributed by atoms with Crippen LogP contribution in [-0.4, -0.2) is 59.8 Å². The van der Waals surface area contributed by atoms with Crippen LogP contribution in [0.3, 0.4) is 0 Å². The number of hydrogen-bond donors (Lipinski definition) is 6. The maximum Gasteiger partial charge on any atom is 0.174 e. The van der Waals surface area contributed by atoms with E-state index in [4.69, 9.17) is 29.9 Å². The minimum absolute atomic E-state index is 0.676. The smallest absolute Gasteiger partial charge is 0.174 e. The molecule has 12 nitrogen and oxygen atoms in total. The number of para-hydroxylation sites is 4. The van der Waals surface area contributed by atoms with Crippen LogP contribution in [0.2, 0.25) is 0 Å². The number of rotatable bonds is 5. The van der Waals surface area contributed by atoms with Crippen LogP contribution in [0.4, 0.5) is 0 Å². The van der Waals surface area contributed by atoms with E-state index in [0.717, 1.165) is 88.5 Å². The fraction of sp³-hybridized carbons (Fsp3) is 0. The van der Waals surface area contributed by atoms with Gasteiger partial charge in [0.1, 0.15) is 0 Å². The van der Waals surface area contributed by atoms with Gasteiger partial charge in [0.15, 0.2) is 34.9 Å². The first-order chi connectivity index (χ1) is 26.6. The van der Waals surface area contributed by atoms with Gasteiger partial charge >= 0.3 is 0 Å². The maximum atomic E-state index is 4.94. The Hall–Kier alpha value is -7.86. The minimum Gasteiger partial charge on any atom is -0.335 e. The Morgan fingerprint density at radius 2 is 0.537 bits per heavy atom. The lowest BCUT2D eigenvalue weighted by Crippen LogP contribution is -1.82. The van der Waals surface area contributed by atoms with E-state index < -0.39 is 0 Å². The quantitative estimate of drug-likeness (QED) is 0.105. The average molecular weight is 699 g/mol. The average Bonchev–Trinajstić information content (AvgIpc) is 4.06. The molecule has 0 aliphatic heterocycles. The molecule has 6 aromatic heterocycles. The molecule has 0 fully saturated rings. The number of hydrogen-bond acceptors (Lipinski definition) is 6. The highest BCUT2D eigenvalue weighted by molar-refractivity contribution is 5.91. The largest absolute Gasteiger partial charge is 0.335 e. The molecule has 254 valence electrons. The predicted molar refractivity (Wildman–Crippen MR) is 212 cm³/mol. The molecule has 6 N–H and O–H groups in total. The fourth-order valence-corrected chi connectivity index (χ4v) is 7.33. The summed E-state index contributed by atoms with van der Waals surface area (Å²) in [5, 5.41) is 0. The zero-order chi connectivity index (χ0) is 35.3. The van der Waals surface area contributed by atoms with Crippen LogP contribution < -0.4 is 0 Å². The van der Waals surface area contributed by atoms with E-state index in [-0.39, 0.29) is 0 Å². The first-order valence-electron chi connectivity index (χ1n) is 17.5. The minimum atomic E-state index is 0.676. The Kier molecular flexibility index (Phi) is 5.77. The molecule has 6 heterocycles. The van der Waals surface area contributed by atoms with Crippen LogP contribution in [0.1, 0.15) is 0 Å². The van der Waals surface area contributed by atoms with Crippen molar-refractivity contribution in [3.8, 4) is 57.2 Å². The molecular weight excluding hydrogens is 673 g/mol. The Labute approximate surface area is 303 Å². The molecule has 0 saturated heterocycles. The van der Waals surface area contributed by atoms with Crippen LogP contribution in [0.25, 0.3) is 123 Å². The van der Waals surface area contributed by atoms with Gasteiger partial charge in [-0.05, 0) is 95.1 Å². The van der Waals surface area contributed by atoms with Crippen molar-refractivity contribution in [1.29, 1.82) is 0 Å². The number of nitrogens with zero attached hydrogens (tertiary/aromatic N) is 6. The molecule has 0 spiro atoms. The van der Waals surface area contributed by atoms with E-state index >= 15 is 0 Å². The molecule has 0 amide bonds. The third-order valence-corrected chi connectivity index (χ3v) is 10.0. The topological polar surface area (TPSA) is 172 Å². The number of nitrogens with one attached hydrogen (secondary N) is 6. The Balaban J connectivity index is 0.832. The molecule has 12 rings (SSSR count). The number of benzene rings is 6. The number of H-pyrrole nitrogens is 6. The van der Waals surface area contributed by atoms with Crippen molar-refractivity contribution in [1.82, 2.24) is 59.8 Å². The van der Waals surface area contributed by atoms with Crippen molar-refractivity contribution in [2.75, 3.05) is 0 Å². The Bertz CT molecular complexity index is 3130. The van der Waals surface area contributed by atoms with Crippen molar-refractivity contribution in [3.05, 3.63) is 121 Å². The van der Waals surface area contributed by atoms with Crippen LogP contribution in [-0.2, 0) is 0 Å². The van der Waals surface area contributed by atoms with Crippen molar-refractivity contribution in [3.63, 3.8) is 0 Å². The van der Waals surface area contributed by atoms with Gasteiger partial charge in [0, 0.05) is 0 Å². The number of imidazole rings is 6. The molecule has 0 radical (unpaired) electrons. The summed E-state index contributed by atoms with van der Waals surface area (Å²) in [5.41, 5.74) is 15.2. The third-order valence-electron chi connectivity index (χ3n) is 10.0. The number of aromatic nitrogens is 12. The van der Waals surface area contributed by atoms with E-state index in [9.17, 15) is 0 Å². The standard InChI is InChI=1S/C42H26N12/c1-2-6-26-25(5-1)43-37(44-26)39-47-29-13-9-21(17-33(29)51-39)23-11-15-31-35(19-23)53-41(49-31)42-50-32-16-12-24(20-36(32)54-42)22-10-14-30-34(18-22)52-40(48-30)38-45-27-7-3-4-8-28(27)46-38/h1-20H,(H,43,44)(H,45,46)(H,47,51)(H,48,52)(H,49,53)(H,50,54). The maximum absolute atomic E-state index is 4.94. The van der Waals surface area contributed by atoms with Crippen LogP contribution >= 0.6 is 0 Å². The summed E-state index contributed by atoms with van der Waals surface area (Å²) in [6.45, 7) is 0. The number of fused-ring (bicyclic) bond motifs is 6. The zero-order valence-electron chi connectivity index (χ0n) is 28.2. The molecule has 12 aromatic rings. The van der Waals surface area contributed by atoms with Gasteiger partial charge in [-0.2, -0.15) is 0 Å². The monoisotopic (exact) mass is 698 g/mol. The van der Waals surface area contributed by atoms with Gasteiger partial charge in [-0.1, -0.05) is 48.5 Å². The lowest BCUT2D eigenvalue weighted by molar-refractivity contribution is 1.22. The second-order valence-electron chi connectivity index (χ2n) is 13.5. The third kappa shape index (κ3) is 4.57. The normalized spacial score (nSPS) is 12.1. The molecule has 12 heteroatoms. The molecular formula is C42H26N12. The second-order valence-corrected chi connectivity index (χ2v) is 13.5. The van der Waals surface area contributed by atoms with Crippen molar-refractivity contribution >= 4 is 66.2 Å². The van der Waals surface area contributed by atoms with E-state index in [1.807, 2.05) is 60.7 Å². The van der Waals surface area contributed by atoms with Crippen LogP contribution in [0, 0.1) is 0 Å². The lowest BCUT2D eigenvalue weighted by Gasteiger charge is -2.01. The Morgan fingerprint density at radius 1 is 0.241 bits per heavy atom. The summed E-state index contributed by atoms with van der Waals surface area (Å²) in [4.78, 5) is 49.4. The summed E-state index contributed by atoms with van der Waals surface area (Å²) < 4.78 is 0. The van der Waals surface area contributed by atoms with Gasteiger partial charge in [-0.15, -0.1) is 0 Å². The van der Waals surface area contributed by atoms with Gasteiger partial charge in [0.05, 0.1) is 66.2 Å². The first-order valence-corrected chi connectivity index (χ1v) is 17.5. The predicted octanol–water partition coefficient (Wildman–Crippen LogP) is 9.28. The SMILES string of the molecule is c1ccc2[nH]c(-c3nc4cc(-c5ccc6[nH]c(-c7nc8ccc(-c9ccc%10nc(-c%11nc%12ccccc%12[nH]%11)[nH]c%10c9)cc8[nH]7)nc6c5)ccc4[nH]3)nc2c1. The van der Waals surface area contributed by atoms with Crippen LogP contribution in [0.5, 0.6) is 0 Å². The molecule has 0 bridgehead atoms. The molecule has 6 aromatic carbocycles. The highest BCUT2D eigenvalue weighted by atomic mass is 15.0. The van der Waals surface area contributed by atoms with Crippen molar-refractivity contribution in [2.24, 2.45) is 0 Å². The van der Waals surface area contributed by atoms with Gasteiger partial charge in [-0.25, -0.2) is 29.9 Å². The lowest BCUT2D eigenvalue weighted by atomic mass is 10.0. The van der Waals surface area contributed by atoms with E-state index in [2.05, 4.69) is 90.6 Å². The number of aromatic amines is 6. The highest BCUT2D eigenvalue weighted by Crippen LogP contribution is 2.32. The zero-order valence-corrected chi connectivity index (χ0v) is 28.2. The fourth-order valence-electron chi connectivity index (χ4n) is 7.33. The summed E-state index contributed by atoms with van der Waals surface area (Å²) in [7, 11) is 0. The highest BCUT2D eigenvalue weighted by Gasteiger charge is 2.15.